The van der Waals surface area contributed by atoms with Crippen LogP contribution in [0.3, 0.4) is 0 Å². The molecule has 0 aliphatic heterocycles. The highest BCUT2D eigenvalue weighted by atomic mass is 16.4. The van der Waals surface area contributed by atoms with E-state index in [2.05, 4.69) is 5.32 Å². The Bertz CT molecular complexity index is 351. The number of carboxylic acids is 2. The first kappa shape index (κ1) is 16.1. The Morgan fingerprint density at radius 3 is 2.39 bits per heavy atom. The van der Waals surface area contributed by atoms with Gasteiger partial charge in [-0.15, -0.1) is 0 Å². The maximum absolute atomic E-state index is 11.2. The number of nitrogens with two attached hydrogens (primary N) is 1. The first-order chi connectivity index (χ1) is 8.34. The lowest BCUT2D eigenvalue weighted by atomic mass is 10.1. The highest BCUT2D eigenvalue weighted by molar-refractivity contribution is 5.97. The van der Waals surface area contributed by atoms with Gasteiger partial charge >= 0.3 is 11.9 Å². The summed E-state index contributed by atoms with van der Waals surface area (Å²) in [5, 5.41) is 19.6. The predicted octanol–water partition coefficient (Wildman–Crippen LogP) is -0.284. The summed E-state index contributed by atoms with van der Waals surface area (Å²) in [6.45, 7) is 1.68. The third-order valence-corrected chi connectivity index (χ3v) is 2.24. The van der Waals surface area contributed by atoms with E-state index >= 15 is 0 Å². The van der Waals surface area contributed by atoms with Crippen molar-refractivity contribution in [2.75, 3.05) is 6.54 Å². The second-order valence-electron chi connectivity index (χ2n) is 3.86. The highest BCUT2D eigenvalue weighted by Gasteiger charge is 2.10. The molecule has 0 heterocycles. The van der Waals surface area contributed by atoms with Crippen LogP contribution in [0.2, 0.25) is 0 Å². The largest absolute Gasteiger partial charge is 0.480 e. The van der Waals surface area contributed by atoms with Gasteiger partial charge in [0.2, 0.25) is 5.91 Å². The summed E-state index contributed by atoms with van der Waals surface area (Å²) in [7, 11) is 0. The van der Waals surface area contributed by atoms with Crippen molar-refractivity contribution in [3.05, 3.63) is 11.6 Å². The molecule has 0 aliphatic carbocycles. The van der Waals surface area contributed by atoms with Crippen LogP contribution in [0.1, 0.15) is 26.2 Å². The van der Waals surface area contributed by atoms with Gasteiger partial charge in [0, 0.05) is 18.2 Å². The van der Waals surface area contributed by atoms with E-state index in [1.165, 1.54) is 6.92 Å². The van der Waals surface area contributed by atoms with Crippen molar-refractivity contribution in [1.29, 1.82) is 0 Å². The van der Waals surface area contributed by atoms with Gasteiger partial charge in [0.1, 0.15) is 6.04 Å². The molecule has 7 heteroatoms. The number of carbonyl (C=O) groups excluding carboxylic acids is 1. The topological polar surface area (TPSA) is 130 Å². The molecule has 0 saturated carbocycles. The molecule has 0 spiro atoms. The van der Waals surface area contributed by atoms with Gasteiger partial charge in [-0.25, -0.2) is 4.79 Å². The molecule has 0 aliphatic rings. The number of carbonyl (C=O) groups is 3. The lowest BCUT2D eigenvalue weighted by Crippen LogP contribution is -2.30. The third kappa shape index (κ3) is 7.39. The Labute approximate surface area is 105 Å². The molecule has 7 nitrogen and oxygen atoms in total. The van der Waals surface area contributed by atoms with E-state index in [0.717, 1.165) is 6.08 Å². The minimum Gasteiger partial charge on any atom is -0.480 e. The average molecular weight is 258 g/mol. The number of hydrogen-bond acceptors (Lipinski definition) is 4. The Balaban J connectivity index is 3.74. The van der Waals surface area contributed by atoms with Gasteiger partial charge in [0.25, 0.3) is 0 Å². The van der Waals surface area contributed by atoms with Crippen LogP contribution >= 0.6 is 0 Å². The van der Waals surface area contributed by atoms with Crippen LogP contribution in [0.5, 0.6) is 0 Å². The lowest BCUT2D eigenvalue weighted by Gasteiger charge is -2.06. The number of carboxylic acid groups (broad SMARTS) is 2. The highest BCUT2D eigenvalue weighted by Crippen LogP contribution is 1.98. The molecule has 0 fully saturated rings. The van der Waals surface area contributed by atoms with Crippen LogP contribution in [-0.2, 0) is 14.4 Å². The molecule has 0 saturated heterocycles. The van der Waals surface area contributed by atoms with Crippen LogP contribution in [0.15, 0.2) is 11.6 Å². The van der Waals surface area contributed by atoms with Crippen molar-refractivity contribution >= 4 is 17.8 Å². The average Bonchev–Trinajstić information content (AvgIpc) is 2.27. The summed E-state index contributed by atoms with van der Waals surface area (Å²) in [6, 6.07) is -0.880. The molecule has 18 heavy (non-hydrogen) atoms. The number of aliphatic carboxylic acids is 2. The summed E-state index contributed by atoms with van der Waals surface area (Å²) in [6.07, 6.45) is 2.52. The fraction of sp³-hybridized carbons (Fsp3) is 0.545. The number of hydrogen-bond donors (Lipinski definition) is 4. The van der Waals surface area contributed by atoms with Crippen molar-refractivity contribution in [2.24, 2.45) is 5.73 Å². The first-order valence-electron chi connectivity index (χ1n) is 5.52. The Morgan fingerprint density at radius 1 is 1.28 bits per heavy atom. The predicted molar refractivity (Wildman–Crippen MR) is 63.9 cm³/mol. The van der Waals surface area contributed by atoms with E-state index in [1.807, 2.05) is 0 Å². The van der Waals surface area contributed by atoms with E-state index in [4.69, 9.17) is 15.9 Å². The molecule has 0 bridgehead atoms. The monoisotopic (exact) mass is 258 g/mol. The summed E-state index contributed by atoms with van der Waals surface area (Å²) in [4.78, 5) is 32.0. The smallest absolute Gasteiger partial charge is 0.331 e. The molecule has 0 aromatic carbocycles. The van der Waals surface area contributed by atoms with Gasteiger partial charge in [0.05, 0.1) is 0 Å². The van der Waals surface area contributed by atoms with Crippen LogP contribution in [0.25, 0.3) is 0 Å². The minimum absolute atomic E-state index is 0.0413. The fourth-order valence-electron chi connectivity index (χ4n) is 1.13. The second kappa shape index (κ2) is 8.24. The fourth-order valence-corrected chi connectivity index (χ4v) is 1.13. The molecule has 1 atom stereocenters. The molecule has 102 valence electrons. The minimum atomic E-state index is -1.14. The van der Waals surface area contributed by atoms with Crippen molar-refractivity contribution < 1.29 is 24.6 Å². The van der Waals surface area contributed by atoms with Gasteiger partial charge in [-0.1, -0.05) is 0 Å². The van der Waals surface area contributed by atoms with Gasteiger partial charge in [-0.3, -0.25) is 9.59 Å². The summed E-state index contributed by atoms with van der Waals surface area (Å²) >= 11 is 0. The zero-order valence-corrected chi connectivity index (χ0v) is 10.2. The standard InChI is InChI=1S/C11H18N2O5/c1-7(10(15)16)6-9(14)13-5-3-2-4-8(12)11(17)18/h6,8H,2-5,12H2,1H3,(H,13,14)(H,15,16)(H,17,18)/t8-/m0/s1. The molecular weight excluding hydrogens is 240 g/mol. The first-order valence-corrected chi connectivity index (χ1v) is 5.52. The summed E-state index contributed by atoms with van der Waals surface area (Å²) in [5.41, 5.74) is 5.25. The summed E-state index contributed by atoms with van der Waals surface area (Å²) < 4.78 is 0. The van der Waals surface area contributed by atoms with Gasteiger partial charge < -0.3 is 21.3 Å². The van der Waals surface area contributed by atoms with E-state index in [9.17, 15) is 14.4 Å². The normalized spacial score (nSPS) is 12.9. The van der Waals surface area contributed by atoms with E-state index in [0.29, 0.717) is 25.8 Å². The lowest BCUT2D eigenvalue weighted by molar-refractivity contribution is -0.138. The number of rotatable bonds is 8. The Hall–Kier alpha value is -1.89. The van der Waals surface area contributed by atoms with E-state index in [-0.39, 0.29) is 5.57 Å². The molecule has 1 amide bonds. The molecular formula is C11H18N2O5. The number of amides is 1. The second-order valence-corrected chi connectivity index (χ2v) is 3.86. The molecule has 0 radical (unpaired) electrons. The van der Waals surface area contributed by atoms with Crippen LogP contribution < -0.4 is 11.1 Å². The maximum Gasteiger partial charge on any atom is 0.331 e. The molecule has 5 N–H and O–H groups in total. The van der Waals surface area contributed by atoms with Crippen LogP contribution in [0.4, 0.5) is 0 Å². The maximum atomic E-state index is 11.2. The molecule has 0 rings (SSSR count). The molecule has 0 aromatic rings. The van der Waals surface area contributed by atoms with Crippen LogP contribution in [0, 0.1) is 0 Å². The molecule has 0 aromatic heterocycles. The number of unbranched alkanes of at least 4 members (excludes halogenated alkanes) is 1. The van der Waals surface area contributed by atoms with Crippen LogP contribution in [-0.4, -0.2) is 40.6 Å². The van der Waals surface area contributed by atoms with Crippen molar-refractivity contribution in [1.82, 2.24) is 5.32 Å². The van der Waals surface area contributed by atoms with Crippen molar-refractivity contribution in [2.45, 2.75) is 32.2 Å². The van der Waals surface area contributed by atoms with Gasteiger partial charge in [-0.2, -0.15) is 0 Å². The van der Waals surface area contributed by atoms with E-state index < -0.39 is 23.9 Å². The molecule has 0 unspecified atom stereocenters. The van der Waals surface area contributed by atoms with Crippen molar-refractivity contribution in [3.63, 3.8) is 0 Å². The third-order valence-electron chi connectivity index (χ3n) is 2.24. The Kier molecular flexibility index (Phi) is 7.37. The zero-order valence-electron chi connectivity index (χ0n) is 10.2. The number of nitrogens with one attached hydrogen (secondary N) is 1. The SMILES string of the molecule is CC(=CC(=O)NCCCC[C@H](N)C(=O)O)C(=O)O. The summed E-state index contributed by atoms with van der Waals surface area (Å²) in [5.74, 6) is -2.66. The van der Waals surface area contributed by atoms with Crippen molar-refractivity contribution in [3.8, 4) is 0 Å². The van der Waals surface area contributed by atoms with Gasteiger partial charge in [-0.05, 0) is 26.2 Å². The van der Waals surface area contributed by atoms with Gasteiger partial charge in [0.15, 0.2) is 0 Å². The quantitative estimate of drug-likeness (QED) is 0.350. The zero-order chi connectivity index (χ0) is 14.1. The Morgan fingerprint density at radius 2 is 1.89 bits per heavy atom. The van der Waals surface area contributed by atoms with E-state index in [1.54, 1.807) is 0 Å².